The molecule has 2 N–H and O–H groups in total. The Bertz CT molecular complexity index is 523. The second-order valence-electron chi connectivity index (χ2n) is 4.75. The molecule has 0 amide bonds. The topological polar surface area (TPSA) is 32.3 Å². The molecule has 1 aromatic heterocycles. The minimum atomic E-state index is 0.117. The van der Waals surface area contributed by atoms with Gasteiger partial charge in [-0.2, -0.15) is 0 Å². The lowest BCUT2D eigenvalue weighted by Crippen LogP contribution is -2.36. The van der Waals surface area contributed by atoms with Crippen LogP contribution in [0.2, 0.25) is 5.02 Å². The highest BCUT2D eigenvalue weighted by molar-refractivity contribution is 7.19. The van der Waals surface area contributed by atoms with Crippen LogP contribution in [0.3, 0.4) is 0 Å². The molecule has 4 heteroatoms. The molecule has 2 aromatic rings. The van der Waals surface area contributed by atoms with Gasteiger partial charge in [-0.1, -0.05) is 43.6 Å². The summed E-state index contributed by atoms with van der Waals surface area (Å²) in [5.74, 6) is 0.406. The Morgan fingerprint density at radius 1 is 1.33 bits per heavy atom. The summed E-state index contributed by atoms with van der Waals surface area (Å²) in [6.07, 6.45) is 0. The SMILES string of the molecule is CC(C)C(CO)NCc1sc2ccccc2c1Cl. The summed E-state index contributed by atoms with van der Waals surface area (Å²) >= 11 is 8.08. The van der Waals surface area contributed by atoms with E-state index in [1.807, 2.05) is 18.2 Å². The molecule has 1 unspecified atom stereocenters. The number of nitrogens with one attached hydrogen (secondary N) is 1. The summed E-state index contributed by atoms with van der Waals surface area (Å²) in [7, 11) is 0. The molecule has 1 atom stereocenters. The van der Waals surface area contributed by atoms with Gasteiger partial charge in [0.1, 0.15) is 0 Å². The summed E-state index contributed by atoms with van der Waals surface area (Å²) in [5, 5.41) is 14.6. The van der Waals surface area contributed by atoms with E-state index in [0.717, 1.165) is 15.3 Å². The Kier molecular flexibility index (Phi) is 4.62. The molecule has 2 nitrogen and oxygen atoms in total. The second-order valence-corrected chi connectivity index (χ2v) is 6.26. The van der Waals surface area contributed by atoms with Gasteiger partial charge < -0.3 is 10.4 Å². The fourth-order valence-electron chi connectivity index (χ4n) is 1.91. The Hall–Kier alpha value is -0.610. The van der Waals surface area contributed by atoms with Crippen LogP contribution in [0.1, 0.15) is 18.7 Å². The number of hydrogen-bond acceptors (Lipinski definition) is 3. The Morgan fingerprint density at radius 3 is 2.67 bits per heavy atom. The number of hydrogen-bond donors (Lipinski definition) is 2. The summed E-state index contributed by atoms with van der Waals surface area (Å²) in [5.41, 5.74) is 0. The minimum absolute atomic E-state index is 0.117. The molecular weight excluding hydrogens is 266 g/mol. The van der Waals surface area contributed by atoms with Crippen LogP contribution in [0.15, 0.2) is 24.3 Å². The van der Waals surface area contributed by atoms with Crippen molar-refractivity contribution >= 4 is 33.0 Å². The van der Waals surface area contributed by atoms with Gasteiger partial charge in [0, 0.05) is 27.5 Å². The molecule has 2 rings (SSSR count). The third-order valence-electron chi connectivity index (χ3n) is 3.13. The van der Waals surface area contributed by atoms with Gasteiger partial charge in [0.15, 0.2) is 0 Å². The van der Waals surface area contributed by atoms with E-state index in [4.69, 9.17) is 11.6 Å². The van der Waals surface area contributed by atoms with Gasteiger partial charge >= 0.3 is 0 Å². The fourth-order valence-corrected chi connectivity index (χ4v) is 3.36. The van der Waals surface area contributed by atoms with Gasteiger partial charge in [-0.05, 0) is 12.0 Å². The van der Waals surface area contributed by atoms with E-state index >= 15 is 0 Å². The zero-order valence-electron chi connectivity index (χ0n) is 10.6. The van der Waals surface area contributed by atoms with Crippen molar-refractivity contribution in [3.63, 3.8) is 0 Å². The highest BCUT2D eigenvalue weighted by Gasteiger charge is 2.14. The van der Waals surface area contributed by atoms with E-state index in [1.165, 1.54) is 4.70 Å². The molecule has 0 bridgehead atoms. The first-order valence-corrected chi connectivity index (χ1v) is 7.33. The standard InChI is InChI=1S/C14H18ClNOS/c1-9(2)11(8-17)16-7-13-14(15)10-5-3-4-6-12(10)18-13/h3-6,9,11,16-17H,7-8H2,1-2H3. The highest BCUT2D eigenvalue weighted by atomic mass is 35.5. The van der Waals surface area contributed by atoms with Gasteiger partial charge in [0.25, 0.3) is 0 Å². The van der Waals surface area contributed by atoms with Crippen molar-refractivity contribution in [3.05, 3.63) is 34.2 Å². The van der Waals surface area contributed by atoms with Crippen molar-refractivity contribution in [2.75, 3.05) is 6.61 Å². The zero-order chi connectivity index (χ0) is 13.1. The van der Waals surface area contributed by atoms with Crippen LogP contribution in [0.5, 0.6) is 0 Å². The van der Waals surface area contributed by atoms with Crippen molar-refractivity contribution in [1.29, 1.82) is 0 Å². The number of aliphatic hydroxyl groups is 1. The van der Waals surface area contributed by atoms with E-state index in [0.29, 0.717) is 12.5 Å². The fraction of sp³-hybridized carbons (Fsp3) is 0.429. The van der Waals surface area contributed by atoms with Gasteiger partial charge in [-0.3, -0.25) is 0 Å². The summed E-state index contributed by atoms with van der Waals surface area (Å²) in [6, 6.07) is 8.27. The molecule has 0 radical (unpaired) electrons. The smallest absolute Gasteiger partial charge is 0.0636 e. The minimum Gasteiger partial charge on any atom is -0.395 e. The predicted molar refractivity (Wildman–Crippen MR) is 79.4 cm³/mol. The normalized spacial score (nSPS) is 13.4. The molecular formula is C14H18ClNOS. The number of benzene rings is 1. The molecule has 18 heavy (non-hydrogen) atoms. The van der Waals surface area contributed by atoms with Crippen molar-refractivity contribution in [2.45, 2.75) is 26.4 Å². The van der Waals surface area contributed by atoms with E-state index in [-0.39, 0.29) is 12.6 Å². The first kappa shape index (κ1) is 13.8. The van der Waals surface area contributed by atoms with Crippen molar-refractivity contribution < 1.29 is 5.11 Å². The maximum absolute atomic E-state index is 9.29. The zero-order valence-corrected chi connectivity index (χ0v) is 12.2. The third kappa shape index (κ3) is 2.86. The molecule has 0 aliphatic heterocycles. The van der Waals surface area contributed by atoms with Crippen molar-refractivity contribution in [1.82, 2.24) is 5.32 Å². The van der Waals surface area contributed by atoms with Crippen LogP contribution in [-0.2, 0) is 6.54 Å². The van der Waals surface area contributed by atoms with Crippen LogP contribution in [0.4, 0.5) is 0 Å². The summed E-state index contributed by atoms with van der Waals surface area (Å²) in [4.78, 5) is 1.14. The molecule has 0 saturated carbocycles. The van der Waals surface area contributed by atoms with Crippen LogP contribution < -0.4 is 5.32 Å². The summed E-state index contributed by atoms with van der Waals surface area (Å²) < 4.78 is 1.21. The quantitative estimate of drug-likeness (QED) is 0.878. The van der Waals surface area contributed by atoms with Gasteiger partial charge in [-0.15, -0.1) is 11.3 Å². The third-order valence-corrected chi connectivity index (χ3v) is 4.84. The molecule has 0 spiro atoms. The average molecular weight is 284 g/mol. The number of halogens is 1. The molecule has 0 aliphatic rings. The van der Waals surface area contributed by atoms with E-state index in [2.05, 4.69) is 25.2 Å². The number of fused-ring (bicyclic) bond motifs is 1. The van der Waals surface area contributed by atoms with Crippen molar-refractivity contribution in [3.8, 4) is 0 Å². The molecule has 98 valence electrons. The van der Waals surface area contributed by atoms with Crippen LogP contribution in [-0.4, -0.2) is 17.8 Å². The molecule has 0 fully saturated rings. The lowest BCUT2D eigenvalue weighted by Gasteiger charge is -2.19. The molecule has 1 heterocycles. The predicted octanol–water partition coefficient (Wildman–Crippen LogP) is 3.66. The Balaban J connectivity index is 2.14. The Labute approximate surface area is 117 Å². The van der Waals surface area contributed by atoms with Crippen LogP contribution in [0.25, 0.3) is 10.1 Å². The van der Waals surface area contributed by atoms with Crippen LogP contribution >= 0.6 is 22.9 Å². The molecule has 0 aliphatic carbocycles. The van der Waals surface area contributed by atoms with Crippen molar-refractivity contribution in [2.24, 2.45) is 5.92 Å². The maximum Gasteiger partial charge on any atom is 0.0636 e. The number of aliphatic hydroxyl groups excluding tert-OH is 1. The first-order chi connectivity index (χ1) is 8.63. The Morgan fingerprint density at radius 2 is 2.06 bits per heavy atom. The molecule has 1 aromatic carbocycles. The second kappa shape index (κ2) is 6.02. The maximum atomic E-state index is 9.29. The lowest BCUT2D eigenvalue weighted by molar-refractivity contribution is 0.210. The van der Waals surface area contributed by atoms with E-state index < -0.39 is 0 Å². The largest absolute Gasteiger partial charge is 0.395 e. The lowest BCUT2D eigenvalue weighted by atomic mass is 10.1. The molecule has 0 saturated heterocycles. The highest BCUT2D eigenvalue weighted by Crippen LogP contribution is 2.35. The van der Waals surface area contributed by atoms with Gasteiger partial charge in [0.2, 0.25) is 0 Å². The number of thiophene rings is 1. The van der Waals surface area contributed by atoms with Gasteiger partial charge in [-0.25, -0.2) is 0 Å². The first-order valence-electron chi connectivity index (χ1n) is 6.13. The average Bonchev–Trinajstić information content (AvgIpc) is 2.67. The number of rotatable bonds is 5. The monoisotopic (exact) mass is 283 g/mol. The van der Waals surface area contributed by atoms with Crippen LogP contribution in [0, 0.1) is 5.92 Å². The summed E-state index contributed by atoms with van der Waals surface area (Å²) in [6.45, 7) is 5.06. The van der Waals surface area contributed by atoms with Gasteiger partial charge in [0.05, 0.1) is 11.6 Å². The van der Waals surface area contributed by atoms with E-state index in [9.17, 15) is 5.11 Å². The van der Waals surface area contributed by atoms with E-state index in [1.54, 1.807) is 11.3 Å².